The normalized spacial score (nSPS) is 18.0. The van der Waals surface area contributed by atoms with E-state index in [0.29, 0.717) is 18.0 Å². The largest absolute Gasteiger partial charge is 0.497 e. The molecule has 0 aliphatic carbocycles. The van der Waals surface area contributed by atoms with E-state index in [4.69, 9.17) is 21.1 Å². The van der Waals surface area contributed by atoms with Gasteiger partial charge in [0.2, 0.25) is 0 Å². The fourth-order valence-electron chi connectivity index (χ4n) is 2.69. The van der Waals surface area contributed by atoms with Gasteiger partial charge >= 0.3 is 5.38 Å². The lowest BCUT2D eigenvalue weighted by atomic mass is 10.1. The highest BCUT2D eigenvalue weighted by Gasteiger charge is 2.39. The fourth-order valence-corrected chi connectivity index (χ4v) is 2.82. The average molecular weight is 381 g/mol. The minimum absolute atomic E-state index is 0.119. The molecular weight excluding hydrogens is 362 g/mol. The molecule has 0 fully saturated rings. The summed E-state index contributed by atoms with van der Waals surface area (Å²) in [6.07, 6.45) is -0.119. The summed E-state index contributed by atoms with van der Waals surface area (Å²) < 4.78 is 38.3. The number of benzene rings is 2. The first-order valence-electron chi connectivity index (χ1n) is 8.17. The quantitative estimate of drug-likeness (QED) is 0.697. The van der Waals surface area contributed by atoms with E-state index >= 15 is 0 Å². The van der Waals surface area contributed by atoms with Crippen LogP contribution in [-0.4, -0.2) is 31.0 Å². The van der Waals surface area contributed by atoms with Crippen LogP contribution in [0.5, 0.6) is 5.75 Å². The molecule has 0 saturated carbocycles. The molecule has 0 amide bonds. The standard InChI is InChI=1S/C19H19ClF2N2O2/c1-25-15-9-7-14(8-10-15)23-17(19(20,21)22)11-18-24-16(12-26-18)13-5-3-2-4-6-13/h2-10,16-17,23H,11-12H2,1H3/t16-,17-/m0/s1. The van der Waals surface area contributed by atoms with E-state index in [1.165, 1.54) is 7.11 Å². The Morgan fingerprint density at radius 2 is 1.92 bits per heavy atom. The van der Waals surface area contributed by atoms with Gasteiger partial charge in [-0.2, -0.15) is 8.78 Å². The molecule has 2 aromatic rings. The predicted octanol–water partition coefficient (Wildman–Crippen LogP) is 4.87. The van der Waals surface area contributed by atoms with Gasteiger partial charge in [0.1, 0.15) is 24.4 Å². The Morgan fingerprint density at radius 1 is 1.23 bits per heavy atom. The van der Waals surface area contributed by atoms with Crippen molar-refractivity contribution in [2.45, 2.75) is 23.9 Å². The van der Waals surface area contributed by atoms with Crippen molar-refractivity contribution in [3.8, 4) is 5.75 Å². The molecule has 1 aliphatic heterocycles. The molecule has 0 saturated heterocycles. The Bertz CT molecular complexity index is 748. The summed E-state index contributed by atoms with van der Waals surface area (Å²) in [4.78, 5) is 4.42. The van der Waals surface area contributed by atoms with E-state index in [0.717, 1.165) is 5.56 Å². The SMILES string of the molecule is COc1ccc(N[C@@H](CC2=N[C@H](c3ccccc3)CO2)C(F)(F)Cl)cc1. The van der Waals surface area contributed by atoms with Crippen molar-refractivity contribution in [3.63, 3.8) is 0 Å². The smallest absolute Gasteiger partial charge is 0.341 e. The topological polar surface area (TPSA) is 42.8 Å². The molecule has 1 heterocycles. The zero-order chi connectivity index (χ0) is 18.6. The monoisotopic (exact) mass is 380 g/mol. The molecule has 3 rings (SSSR count). The van der Waals surface area contributed by atoms with Crippen LogP contribution in [0.2, 0.25) is 0 Å². The van der Waals surface area contributed by atoms with Crippen LogP contribution in [0.4, 0.5) is 14.5 Å². The minimum atomic E-state index is -3.46. The molecule has 7 heteroatoms. The fraction of sp³-hybridized carbons (Fsp3) is 0.316. The minimum Gasteiger partial charge on any atom is -0.497 e. The number of anilines is 1. The van der Waals surface area contributed by atoms with Crippen LogP contribution in [0.1, 0.15) is 18.0 Å². The van der Waals surface area contributed by atoms with Crippen LogP contribution >= 0.6 is 11.6 Å². The molecule has 1 N–H and O–H groups in total. The first-order valence-corrected chi connectivity index (χ1v) is 8.55. The van der Waals surface area contributed by atoms with Crippen LogP contribution in [0.15, 0.2) is 59.6 Å². The second-order valence-corrected chi connectivity index (χ2v) is 6.44. The predicted molar refractivity (Wildman–Crippen MR) is 98.4 cm³/mol. The lowest BCUT2D eigenvalue weighted by Crippen LogP contribution is -2.37. The van der Waals surface area contributed by atoms with Crippen molar-refractivity contribution in [1.29, 1.82) is 0 Å². The van der Waals surface area contributed by atoms with Crippen LogP contribution in [-0.2, 0) is 4.74 Å². The molecule has 0 radical (unpaired) electrons. The molecule has 26 heavy (non-hydrogen) atoms. The summed E-state index contributed by atoms with van der Waals surface area (Å²) in [6, 6.07) is 14.7. The molecule has 138 valence electrons. The second-order valence-electron chi connectivity index (χ2n) is 5.93. The molecule has 0 unspecified atom stereocenters. The Morgan fingerprint density at radius 3 is 2.54 bits per heavy atom. The third-order valence-corrected chi connectivity index (χ3v) is 4.36. The van der Waals surface area contributed by atoms with E-state index < -0.39 is 11.4 Å². The van der Waals surface area contributed by atoms with Gasteiger partial charge in [0.15, 0.2) is 5.90 Å². The van der Waals surface area contributed by atoms with Gasteiger partial charge < -0.3 is 14.8 Å². The van der Waals surface area contributed by atoms with E-state index in [2.05, 4.69) is 10.3 Å². The first kappa shape index (κ1) is 18.5. The number of hydrogen-bond acceptors (Lipinski definition) is 4. The third kappa shape index (κ3) is 4.64. The number of methoxy groups -OCH3 is 1. The molecule has 4 nitrogen and oxygen atoms in total. The van der Waals surface area contributed by atoms with Crippen molar-refractivity contribution in [2.24, 2.45) is 4.99 Å². The van der Waals surface area contributed by atoms with Crippen molar-refractivity contribution in [2.75, 3.05) is 19.0 Å². The third-order valence-electron chi connectivity index (χ3n) is 4.10. The van der Waals surface area contributed by atoms with E-state index in [1.807, 2.05) is 30.3 Å². The van der Waals surface area contributed by atoms with Crippen molar-refractivity contribution >= 4 is 23.2 Å². The van der Waals surface area contributed by atoms with Crippen molar-refractivity contribution in [1.82, 2.24) is 0 Å². The summed E-state index contributed by atoms with van der Waals surface area (Å²) >= 11 is 5.31. The van der Waals surface area contributed by atoms with E-state index in [1.54, 1.807) is 24.3 Å². The molecule has 0 spiro atoms. The van der Waals surface area contributed by atoms with Gasteiger partial charge in [0, 0.05) is 5.69 Å². The lowest BCUT2D eigenvalue weighted by molar-refractivity contribution is 0.0738. The van der Waals surface area contributed by atoms with Gasteiger partial charge in [-0.25, -0.2) is 4.99 Å². The maximum atomic E-state index is 13.9. The summed E-state index contributed by atoms with van der Waals surface area (Å²) in [5.41, 5.74) is 1.49. The first-order chi connectivity index (χ1) is 12.5. The number of aliphatic imine (C=N–C) groups is 1. The summed E-state index contributed by atoms with van der Waals surface area (Å²) in [5, 5.41) is -0.708. The number of halogens is 3. The van der Waals surface area contributed by atoms with Crippen LogP contribution in [0.3, 0.4) is 0 Å². The zero-order valence-corrected chi connectivity index (χ0v) is 14.9. The number of ether oxygens (including phenoxy) is 2. The highest BCUT2D eigenvalue weighted by atomic mass is 35.5. The van der Waals surface area contributed by atoms with Gasteiger partial charge in [0.25, 0.3) is 0 Å². The van der Waals surface area contributed by atoms with E-state index in [-0.39, 0.29) is 18.4 Å². The van der Waals surface area contributed by atoms with Gasteiger partial charge in [0.05, 0.1) is 13.5 Å². The second kappa shape index (κ2) is 7.91. The van der Waals surface area contributed by atoms with Crippen LogP contribution < -0.4 is 10.1 Å². The van der Waals surface area contributed by atoms with Crippen molar-refractivity contribution in [3.05, 3.63) is 60.2 Å². The summed E-state index contributed by atoms with van der Waals surface area (Å²) in [7, 11) is 1.54. The van der Waals surface area contributed by atoms with Gasteiger partial charge in [-0.15, -0.1) is 0 Å². The molecule has 1 aliphatic rings. The van der Waals surface area contributed by atoms with Crippen molar-refractivity contribution < 1.29 is 18.3 Å². The zero-order valence-electron chi connectivity index (χ0n) is 14.2. The molecule has 2 atom stereocenters. The molecule has 0 bridgehead atoms. The number of hydrogen-bond donors (Lipinski definition) is 1. The average Bonchev–Trinajstić information content (AvgIpc) is 3.10. The molecule has 0 aromatic heterocycles. The summed E-state index contributed by atoms with van der Waals surface area (Å²) in [6.45, 7) is 0.336. The maximum Gasteiger partial charge on any atom is 0.341 e. The van der Waals surface area contributed by atoms with Gasteiger partial charge in [-0.3, -0.25) is 0 Å². The van der Waals surface area contributed by atoms with Gasteiger partial charge in [-0.1, -0.05) is 30.3 Å². The number of alkyl halides is 3. The highest BCUT2D eigenvalue weighted by Crippen LogP contribution is 2.32. The number of rotatable bonds is 7. The molecular formula is C19H19ClF2N2O2. The maximum absolute atomic E-state index is 13.9. The van der Waals surface area contributed by atoms with Gasteiger partial charge in [-0.05, 0) is 41.4 Å². The molecule has 2 aromatic carbocycles. The van der Waals surface area contributed by atoms with Crippen LogP contribution in [0.25, 0.3) is 0 Å². The lowest BCUT2D eigenvalue weighted by Gasteiger charge is -2.23. The number of nitrogens with one attached hydrogen (secondary N) is 1. The van der Waals surface area contributed by atoms with Crippen LogP contribution in [0, 0.1) is 0 Å². The Hall–Kier alpha value is -2.34. The Kier molecular flexibility index (Phi) is 5.61. The summed E-state index contributed by atoms with van der Waals surface area (Å²) in [5.74, 6) is 0.907. The number of nitrogens with zero attached hydrogens (tertiary/aromatic N) is 1. The Balaban J connectivity index is 1.70. The van der Waals surface area contributed by atoms with E-state index in [9.17, 15) is 8.78 Å². The Labute approximate surface area is 155 Å². The highest BCUT2D eigenvalue weighted by molar-refractivity contribution is 6.22.